The van der Waals surface area contributed by atoms with Crippen molar-refractivity contribution in [2.75, 3.05) is 5.32 Å². The largest absolute Gasteiger partial charge is 0.478 e. The Morgan fingerprint density at radius 1 is 1.15 bits per heavy atom. The molecular weight excluding hydrogens is 258 g/mol. The molecule has 6 heteroatoms. The molecule has 0 bridgehead atoms. The molecule has 2 aromatic rings. The molecule has 2 rings (SSSR count). The van der Waals surface area contributed by atoms with E-state index in [9.17, 15) is 9.59 Å². The number of amides is 2. The molecule has 0 saturated heterocycles. The topological polar surface area (TPSA) is 91.3 Å². The molecular formula is C14H13N3O3. The molecule has 1 aromatic carbocycles. The molecule has 1 heterocycles. The summed E-state index contributed by atoms with van der Waals surface area (Å²) in [6, 6.07) is 9.21. The van der Waals surface area contributed by atoms with Crippen molar-refractivity contribution in [3.05, 3.63) is 59.9 Å². The van der Waals surface area contributed by atoms with Gasteiger partial charge in [0.1, 0.15) is 0 Å². The summed E-state index contributed by atoms with van der Waals surface area (Å²) in [4.78, 5) is 26.3. The van der Waals surface area contributed by atoms with Gasteiger partial charge in [-0.15, -0.1) is 0 Å². The van der Waals surface area contributed by atoms with Crippen LogP contribution in [0.2, 0.25) is 0 Å². The zero-order chi connectivity index (χ0) is 14.4. The van der Waals surface area contributed by atoms with Crippen molar-refractivity contribution in [3.63, 3.8) is 0 Å². The summed E-state index contributed by atoms with van der Waals surface area (Å²) in [5.74, 6) is -1.00. The second-order valence-electron chi connectivity index (χ2n) is 4.05. The van der Waals surface area contributed by atoms with Gasteiger partial charge in [-0.1, -0.05) is 6.07 Å². The van der Waals surface area contributed by atoms with Crippen molar-refractivity contribution in [3.8, 4) is 0 Å². The summed E-state index contributed by atoms with van der Waals surface area (Å²) in [5.41, 5.74) is 1.59. The zero-order valence-corrected chi connectivity index (χ0v) is 10.5. The summed E-state index contributed by atoms with van der Waals surface area (Å²) < 4.78 is 0. The number of carbonyl (C=O) groups is 2. The van der Waals surface area contributed by atoms with Crippen molar-refractivity contribution < 1.29 is 14.7 Å². The average Bonchev–Trinajstić information content (AvgIpc) is 2.47. The number of aromatic carboxylic acids is 1. The molecule has 0 aliphatic carbocycles. The number of carboxylic acids is 1. The molecule has 0 spiro atoms. The summed E-state index contributed by atoms with van der Waals surface area (Å²) >= 11 is 0. The molecule has 0 atom stereocenters. The van der Waals surface area contributed by atoms with E-state index in [1.54, 1.807) is 18.5 Å². The van der Waals surface area contributed by atoms with E-state index in [4.69, 9.17) is 5.11 Å². The number of nitrogens with one attached hydrogen (secondary N) is 2. The number of urea groups is 1. The first-order valence-corrected chi connectivity index (χ1v) is 5.92. The van der Waals surface area contributed by atoms with Gasteiger partial charge in [0, 0.05) is 24.6 Å². The molecule has 0 aliphatic heterocycles. The molecule has 0 fully saturated rings. The predicted octanol–water partition coefficient (Wildman–Crippen LogP) is 2.10. The minimum Gasteiger partial charge on any atom is -0.478 e. The van der Waals surface area contributed by atoms with E-state index < -0.39 is 5.97 Å². The number of nitrogens with zero attached hydrogens (tertiary/aromatic N) is 1. The lowest BCUT2D eigenvalue weighted by Gasteiger charge is -2.07. The number of carboxylic acid groups (broad SMARTS) is 1. The molecule has 102 valence electrons. The van der Waals surface area contributed by atoms with Crippen molar-refractivity contribution in [2.45, 2.75) is 6.54 Å². The number of pyridine rings is 1. The molecule has 0 saturated carbocycles. The highest BCUT2D eigenvalue weighted by Gasteiger charge is 2.04. The van der Waals surface area contributed by atoms with E-state index in [1.807, 2.05) is 6.07 Å². The van der Waals surface area contributed by atoms with Crippen molar-refractivity contribution in [2.24, 2.45) is 0 Å². The molecule has 1 aromatic heterocycles. The van der Waals surface area contributed by atoms with Crippen LogP contribution in [0.4, 0.5) is 10.5 Å². The van der Waals surface area contributed by atoms with E-state index in [2.05, 4.69) is 15.6 Å². The van der Waals surface area contributed by atoms with Gasteiger partial charge in [0.25, 0.3) is 0 Å². The molecule has 0 unspecified atom stereocenters. The van der Waals surface area contributed by atoms with Crippen LogP contribution in [0.1, 0.15) is 15.9 Å². The fourth-order valence-corrected chi connectivity index (χ4v) is 1.56. The summed E-state index contributed by atoms with van der Waals surface area (Å²) in [7, 11) is 0. The van der Waals surface area contributed by atoms with E-state index in [1.165, 1.54) is 24.3 Å². The highest BCUT2D eigenvalue weighted by atomic mass is 16.4. The van der Waals surface area contributed by atoms with Gasteiger partial charge in [0.15, 0.2) is 0 Å². The average molecular weight is 271 g/mol. The monoisotopic (exact) mass is 271 g/mol. The fraction of sp³-hybridized carbons (Fsp3) is 0.0714. The predicted molar refractivity (Wildman–Crippen MR) is 73.5 cm³/mol. The Hall–Kier alpha value is -2.89. The molecule has 0 radical (unpaired) electrons. The first-order chi connectivity index (χ1) is 9.65. The Balaban J connectivity index is 1.86. The molecule has 20 heavy (non-hydrogen) atoms. The fourth-order valence-electron chi connectivity index (χ4n) is 1.56. The third-order valence-corrected chi connectivity index (χ3v) is 2.57. The van der Waals surface area contributed by atoms with Crippen LogP contribution >= 0.6 is 0 Å². The lowest BCUT2D eigenvalue weighted by molar-refractivity contribution is 0.0697. The Morgan fingerprint density at radius 2 is 1.90 bits per heavy atom. The number of hydrogen-bond acceptors (Lipinski definition) is 3. The number of benzene rings is 1. The van der Waals surface area contributed by atoms with E-state index in [0.29, 0.717) is 12.2 Å². The number of rotatable bonds is 4. The lowest BCUT2D eigenvalue weighted by atomic mass is 10.2. The third kappa shape index (κ3) is 3.81. The molecule has 6 nitrogen and oxygen atoms in total. The van der Waals surface area contributed by atoms with Crippen molar-refractivity contribution in [1.82, 2.24) is 10.3 Å². The minimum atomic E-state index is -1.00. The summed E-state index contributed by atoms with van der Waals surface area (Å²) in [6.07, 6.45) is 3.33. The van der Waals surface area contributed by atoms with Crippen LogP contribution in [0.25, 0.3) is 0 Å². The van der Waals surface area contributed by atoms with E-state index in [-0.39, 0.29) is 11.6 Å². The summed E-state index contributed by atoms with van der Waals surface area (Å²) in [5, 5.41) is 14.1. The van der Waals surface area contributed by atoms with E-state index >= 15 is 0 Å². The van der Waals surface area contributed by atoms with Crippen LogP contribution in [0, 0.1) is 0 Å². The second kappa shape index (κ2) is 6.33. The third-order valence-electron chi connectivity index (χ3n) is 2.57. The van der Waals surface area contributed by atoms with Gasteiger partial charge < -0.3 is 15.7 Å². The number of carbonyl (C=O) groups excluding carboxylic acids is 1. The molecule has 0 aliphatic rings. The number of hydrogen-bond donors (Lipinski definition) is 3. The van der Waals surface area contributed by atoms with Gasteiger partial charge in [-0.3, -0.25) is 4.98 Å². The van der Waals surface area contributed by atoms with Crippen LogP contribution in [-0.4, -0.2) is 22.1 Å². The van der Waals surface area contributed by atoms with Gasteiger partial charge in [-0.2, -0.15) is 0 Å². The quantitative estimate of drug-likeness (QED) is 0.794. The lowest BCUT2D eigenvalue weighted by Crippen LogP contribution is -2.28. The van der Waals surface area contributed by atoms with Crippen molar-refractivity contribution >= 4 is 17.7 Å². The highest BCUT2D eigenvalue weighted by Crippen LogP contribution is 2.09. The SMILES string of the molecule is O=C(NCc1cccnc1)Nc1ccc(C(=O)O)cc1. The van der Waals surface area contributed by atoms with Crippen LogP contribution in [0.5, 0.6) is 0 Å². The van der Waals surface area contributed by atoms with Gasteiger partial charge in [0.05, 0.1) is 5.56 Å². The van der Waals surface area contributed by atoms with Crippen molar-refractivity contribution in [1.29, 1.82) is 0 Å². The standard InChI is InChI=1S/C14H13N3O3/c18-13(19)11-3-5-12(6-4-11)17-14(20)16-9-10-2-1-7-15-8-10/h1-8H,9H2,(H,18,19)(H2,16,17,20). The smallest absolute Gasteiger partial charge is 0.335 e. The Bertz CT molecular complexity index is 597. The number of anilines is 1. The maximum absolute atomic E-state index is 11.6. The highest BCUT2D eigenvalue weighted by molar-refractivity contribution is 5.91. The van der Waals surface area contributed by atoms with Crippen LogP contribution in [-0.2, 0) is 6.54 Å². The molecule has 2 amide bonds. The summed E-state index contributed by atoms with van der Waals surface area (Å²) in [6.45, 7) is 0.368. The van der Waals surface area contributed by atoms with E-state index in [0.717, 1.165) is 5.56 Å². The minimum absolute atomic E-state index is 0.173. The van der Waals surface area contributed by atoms with Crippen LogP contribution in [0.3, 0.4) is 0 Å². The Morgan fingerprint density at radius 3 is 2.50 bits per heavy atom. The first-order valence-electron chi connectivity index (χ1n) is 5.92. The van der Waals surface area contributed by atoms with Gasteiger partial charge in [-0.05, 0) is 35.9 Å². The van der Waals surface area contributed by atoms with Gasteiger partial charge in [-0.25, -0.2) is 9.59 Å². The van der Waals surface area contributed by atoms with Gasteiger partial charge >= 0.3 is 12.0 Å². The Kier molecular flexibility index (Phi) is 4.28. The number of aromatic nitrogens is 1. The second-order valence-corrected chi connectivity index (χ2v) is 4.05. The van der Waals surface area contributed by atoms with Crippen LogP contribution < -0.4 is 10.6 Å². The van der Waals surface area contributed by atoms with Crippen LogP contribution in [0.15, 0.2) is 48.8 Å². The molecule has 3 N–H and O–H groups in total. The van der Waals surface area contributed by atoms with Gasteiger partial charge in [0.2, 0.25) is 0 Å². The maximum Gasteiger partial charge on any atom is 0.335 e. The maximum atomic E-state index is 11.6. The zero-order valence-electron chi connectivity index (χ0n) is 10.5. The normalized spacial score (nSPS) is 9.80. The Labute approximate surface area is 115 Å². The first kappa shape index (κ1) is 13.5.